The Bertz CT molecular complexity index is 547. The summed E-state index contributed by atoms with van der Waals surface area (Å²) >= 11 is 5.73. The molecule has 2 nitrogen and oxygen atoms in total. The molecule has 0 spiro atoms. The first-order valence-corrected chi connectivity index (χ1v) is 8.06. The summed E-state index contributed by atoms with van der Waals surface area (Å²) < 4.78 is 14.3. The van der Waals surface area contributed by atoms with Gasteiger partial charge in [-0.05, 0) is 37.3 Å². The van der Waals surface area contributed by atoms with Gasteiger partial charge < -0.3 is 4.90 Å². The molecule has 1 saturated carbocycles. The summed E-state index contributed by atoms with van der Waals surface area (Å²) in [6, 6.07) is 3.71. The third-order valence-corrected chi connectivity index (χ3v) is 3.50. The summed E-state index contributed by atoms with van der Waals surface area (Å²) in [4.78, 5) is 5.93. The number of hydrogen-bond donors (Lipinski definition) is 0. The van der Waals surface area contributed by atoms with Crippen molar-refractivity contribution >= 4 is 17.3 Å². The van der Waals surface area contributed by atoms with Gasteiger partial charge in [-0.3, -0.25) is 4.98 Å². The van der Waals surface area contributed by atoms with Gasteiger partial charge in [-0.25, -0.2) is 4.39 Å². The number of allylic oxidation sites excluding steroid dienone is 4. The van der Waals surface area contributed by atoms with E-state index in [0.717, 1.165) is 24.2 Å². The highest BCUT2D eigenvalue weighted by Crippen LogP contribution is 2.42. The van der Waals surface area contributed by atoms with Crippen LogP contribution in [0, 0.1) is 5.92 Å². The van der Waals surface area contributed by atoms with E-state index in [2.05, 4.69) is 18.1 Å². The van der Waals surface area contributed by atoms with Crippen molar-refractivity contribution in [3.05, 3.63) is 59.9 Å². The Balaban J connectivity index is 0.00000116. The average Bonchev–Trinajstić information content (AvgIpc) is 3.39. The highest BCUT2D eigenvalue weighted by Gasteiger charge is 2.31. The molecule has 4 heteroatoms. The summed E-state index contributed by atoms with van der Waals surface area (Å²) in [7, 11) is 0. The number of aromatic nitrogens is 1. The number of anilines is 1. The van der Waals surface area contributed by atoms with Crippen molar-refractivity contribution < 1.29 is 4.39 Å². The van der Waals surface area contributed by atoms with Gasteiger partial charge in [0.25, 0.3) is 0 Å². The Morgan fingerprint density at radius 1 is 1.41 bits per heavy atom. The molecule has 1 fully saturated rings. The van der Waals surface area contributed by atoms with E-state index in [1.807, 2.05) is 37.8 Å². The zero-order valence-corrected chi connectivity index (χ0v) is 14.3. The summed E-state index contributed by atoms with van der Waals surface area (Å²) in [5.74, 6) is -0.0760. The minimum Gasteiger partial charge on any atom is -0.314 e. The summed E-state index contributed by atoms with van der Waals surface area (Å²) in [5, 5.41) is -0.0839. The van der Waals surface area contributed by atoms with Gasteiger partial charge in [0.2, 0.25) is 0 Å². The standard InChI is InChI=1S/C16H18ClFN2.C2H6/c1-4-15(16(18)11(2)17)20(12(3)13-7-8-13)14-6-5-9-19-10-14;1-2/h5-6,9-10,13H,2-4,7-8H2,1H3;1-2H3/b16-15-;. The van der Waals surface area contributed by atoms with Gasteiger partial charge in [0.15, 0.2) is 5.83 Å². The fraction of sp³-hybridized carbons (Fsp3) is 0.389. The number of rotatable bonds is 6. The van der Waals surface area contributed by atoms with Gasteiger partial charge in [0, 0.05) is 11.9 Å². The van der Waals surface area contributed by atoms with Crippen LogP contribution >= 0.6 is 11.6 Å². The van der Waals surface area contributed by atoms with Crippen LogP contribution in [0.3, 0.4) is 0 Å². The molecule has 0 aliphatic heterocycles. The van der Waals surface area contributed by atoms with Crippen LogP contribution in [0.25, 0.3) is 0 Å². The monoisotopic (exact) mass is 322 g/mol. The van der Waals surface area contributed by atoms with Crippen molar-refractivity contribution in [1.29, 1.82) is 0 Å². The molecule has 0 saturated heterocycles. The van der Waals surface area contributed by atoms with Crippen molar-refractivity contribution in [2.75, 3.05) is 4.90 Å². The molecule has 0 radical (unpaired) electrons. The molecule has 2 rings (SSSR count). The smallest absolute Gasteiger partial charge is 0.160 e. The molecule has 0 N–H and O–H groups in total. The summed E-state index contributed by atoms with van der Waals surface area (Å²) in [5.41, 5.74) is 2.17. The minimum absolute atomic E-state index is 0.0839. The fourth-order valence-corrected chi connectivity index (χ4v) is 2.26. The first-order chi connectivity index (χ1) is 10.6. The summed E-state index contributed by atoms with van der Waals surface area (Å²) in [6.45, 7) is 13.5. The molecule has 0 unspecified atom stereocenters. The topological polar surface area (TPSA) is 16.1 Å². The highest BCUT2D eigenvalue weighted by atomic mass is 35.5. The third-order valence-electron chi connectivity index (χ3n) is 3.34. The van der Waals surface area contributed by atoms with Crippen LogP contribution in [0.1, 0.15) is 40.0 Å². The van der Waals surface area contributed by atoms with Gasteiger partial charge in [-0.15, -0.1) is 0 Å². The van der Waals surface area contributed by atoms with Crippen molar-refractivity contribution in [1.82, 2.24) is 4.98 Å². The second-order valence-corrected chi connectivity index (χ2v) is 5.29. The van der Waals surface area contributed by atoms with Crippen molar-refractivity contribution in [3.63, 3.8) is 0 Å². The van der Waals surface area contributed by atoms with E-state index in [4.69, 9.17) is 11.6 Å². The van der Waals surface area contributed by atoms with E-state index in [-0.39, 0.29) is 5.03 Å². The lowest BCUT2D eigenvalue weighted by molar-refractivity contribution is 0.635. The maximum atomic E-state index is 14.3. The van der Waals surface area contributed by atoms with E-state index in [1.165, 1.54) is 0 Å². The van der Waals surface area contributed by atoms with E-state index in [1.54, 1.807) is 12.4 Å². The maximum Gasteiger partial charge on any atom is 0.160 e. The molecule has 1 aliphatic carbocycles. The van der Waals surface area contributed by atoms with E-state index in [0.29, 0.717) is 18.0 Å². The zero-order valence-electron chi connectivity index (χ0n) is 13.6. The Labute approximate surface area is 138 Å². The van der Waals surface area contributed by atoms with Gasteiger partial charge in [-0.2, -0.15) is 0 Å². The molecule has 1 aliphatic rings. The van der Waals surface area contributed by atoms with Crippen LogP contribution in [0.15, 0.2) is 59.9 Å². The van der Waals surface area contributed by atoms with Gasteiger partial charge in [0.05, 0.1) is 22.6 Å². The van der Waals surface area contributed by atoms with Crippen LogP contribution in [0.4, 0.5) is 10.1 Å². The average molecular weight is 323 g/mol. The molecule has 1 heterocycles. The van der Waals surface area contributed by atoms with Crippen molar-refractivity contribution in [2.24, 2.45) is 5.92 Å². The molecule has 0 atom stereocenters. The zero-order chi connectivity index (χ0) is 16.7. The van der Waals surface area contributed by atoms with Gasteiger partial charge >= 0.3 is 0 Å². The van der Waals surface area contributed by atoms with Crippen LogP contribution in [-0.4, -0.2) is 4.98 Å². The Kier molecular flexibility index (Phi) is 7.33. The van der Waals surface area contributed by atoms with Crippen LogP contribution < -0.4 is 4.90 Å². The van der Waals surface area contributed by atoms with Crippen LogP contribution in [0.2, 0.25) is 0 Å². The van der Waals surface area contributed by atoms with Crippen LogP contribution in [0.5, 0.6) is 0 Å². The Morgan fingerprint density at radius 3 is 2.45 bits per heavy atom. The second-order valence-electron chi connectivity index (χ2n) is 4.83. The molecule has 0 amide bonds. The molecular formula is C18H24ClFN2. The van der Waals surface area contributed by atoms with Crippen molar-refractivity contribution in [3.8, 4) is 0 Å². The Hall–Kier alpha value is -1.61. The predicted octanol–water partition coefficient (Wildman–Crippen LogP) is 6.18. The highest BCUT2D eigenvalue weighted by molar-refractivity contribution is 6.31. The van der Waals surface area contributed by atoms with Gasteiger partial charge in [0.1, 0.15) is 0 Å². The fourth-order valence-electron chi connectivity index (χ4n) is 2.15. The van der Waals surface area contributed by atoms with Gasteiger partial charge in [-0.1, -0.05) is 45.5 Å². The number of pyridine rings is 1. The normalized spacial score (nSPS) is 14.4. The van der Waals surface area contributed by atoms with Crippen LogP contribution in [-0.2, 0) is 0 Å². The molecule has 1 aromatic rings. The molecular weight excluding hydrogens is 299 g/mol. The Morgan fingerprint density at radius 2 is 2.05 bits per heavy atom. The SMILES string of the molecule is C=C(Cl)/C(F)=C(\CC)N(C(=C)C1CC1)c1cccnc1.CC. The molecule has 22 heavy (non-hydrogen) atoms. The molecule has 120 valence electrons. The van der Waals surface area contributed by atoms with E-state index in [9.17, 15) is 4.39 Å². The number of halogens is 2. The van der Waals surface area contributed by atoms with Crippen molar-refractivity contribution in [2.45, 2.75) is 40.0 Å². The molecule has 1 aromatic heterocycles. The lowest BCUT2D eigenvalue weighted by atomic mass is 10.1. The lowest BCUT2D eigenvalue weighted by Gasteiger charge is -2.29. The third kappa shape index (κ3) is 4.44. The number of nitrogens with zero attached hydrogens (tertiary/aromatic N) is 2. The minimum atomic E-state index is -0.486. The maximum absolute atomic E-state index is 14.3. The second kappa shape index (κ2) is 8.74. The largest absolute Gasteiger partial charge is 0.314 e. The molecule has 0 bridgehead atoms. The summed E-state index contributed by atoms with van der Waals surface area (Å²) in [6.07, 6.45) is 6.07. The number of hydrogen-bond acceptors (Lipinski definition) is 2. The first-order valence-electron chi connectivity index (χ1n) is 7.68. The quantitative estimate of drug-likeness (QED) is 0.581. The lowest BCUT2D eigenvalue weighted by Crippen LogP contribution is -2.23. The first kappa shape index (κ1) is 18.4. The predicted molar refractivity (Wildman–Crippen MR) is 93.3 cm³/mol. The molecule has 0 aromatic carbocycles. The van der Waals surface area contributed by atoms with E-state index < -0.39 is 5.83 Å². The van der Waals surface area contributed by atoms with E-state index >= 15 is 0 Å².